The topological polar surface area (TPSA) is 92.2 Å². The molecule has 0 aliphatic carbocycles. The number of rotatable bonds is 8. The number of hydrogen-bond acceptors (Lipinski definition) is 5. The number of carbonyl (C=O) groups excluding carboxylic acids is 1. The third-order valence-corrected chi connectivity index (χ3v) is 4.71. The van der Waals surface area contributed by atoms with E-state index in [1.807, 2.05) is 32.0 Å². The Hall–Kier alpha value is -2.12. The molecule has 2 rings (SSSR count). The zero-order valence-corrected chi connectivity index (χ0v) is 16.1. The first-order chi connectivity index (χ1) is 12.4. The molecule has 26 heavy (non-hydrogen) atoms. The van der Waals surface area contributed by atoms with Gasteiger partial charge < -0.3 is 10.4 Å². The van der Waals surface area contributed by atoms with Gasteiger partial charge in [-0.3, -0.25) is 9.59 Å². The summed E-state index contributed by atoms with van der Waals surface area (Å²) in [6.45, 7) is 3.88. The van der Waals surface area contributed by atoms with E-state index in [-0.39, 0.29) is 23.1 Å². The molecule has 0 aliphatic rings. The predicted molar refractivity (Wildman–Crippen MR) is 104 cm³/mol. The van der Waals surface area contributed by atoms with E-state index in [2.05, 4.69) is 15.3 Å². The van der Waals surface area contributed by atoms with Crippen LogP contribution in [0.2, 0.25) is 5.02 Å². The number of halogens is 1. The summed E-state index contributed by atoms with van der Waals surface area (Å²) in [6, 6.07) is 7.40. The molecule has 0 atom stereocenters. The van der Waals surface area contributed by atoms with Crippen LogP contribution in [0.3, 0.4) is 0 Å². The standard InChI is InChI=1S/C18H20ClN3O3S/c1-11(2)17-20-9-14(19)16(22-17)18(25)21-13-5-3-4-12(8-13)10-26-7-6-15(23)24/h3-5,8-9,11H,6-7,10H2,1-2H3,(H,21,25)(H,23,24). The first-order valence-corrected chi connectivity index (χ1v) is 9.62. The zero-order valence-electron chi connectivity index (χ0n) is 14.5. The molecule has 1 amide bonds. The van der Waals surface area contributed by atoms with E-state index in [0.717, 1.165) is 5.56 Å². The minimum absolute atomic E-state index is 0.0879. The summed E-state index contributed by atoms with van der Waals surface area (Å²) in [7, 11) is 0. The molecule has 0 fully saturated rings. The Bertz CT molecular complexity index is 799. The number of carboxylic acid groups (broad SMARTS) is 1. The summed E-state index contributed by atoms with van der Waals surface area (Å²) < 4.78 is 0. The normalized spacial score (nSPS) is 10.8. The van der Waals surface area contributed by atoms with E-state index < -0.39 is 11.9 Å². The van der Waals surface area contributed by atoms with Crippen LogP contribution in [-0.4, -0.2) is 32.7 Å². The molecule has 138 valence electrons. The maximum atomic E-state index is 12.5. The Morgan fingerprint density at radius 3 is 2.81 bits per heavy atom. The fourth-order valence-electron chi connectivity index (χ4n) is 2.10. The largest absolute Gasteiger partial charge is 0.481 e. The highest BCUT2D eigenvalue weighted by Crippen LogP contribution is 2.20. The van der Waals surface area contributed by atoms with E-state index in [1.165, 1.54) is 18.0 Å². The maximum absolute atomic E-state index is 12.5. The third-order valence-electron chi connectivity index (χ3n) is 3.41. The lowest BCUT2D eigenvalue weighted by Gasteiger charge is -2.10. The summed E-state index contributed by atoms with van der Waals surface area (Å²) in [5.41, 5.74) is 1.77. The highest BCUT2D eigenvalue weighted by atomic mass is 35.5. The van der Waals surface area contributed by atoms with Gasteiger partial charge in [-0.05, 0) is 17.7 Å². The number of benzene rings is 1. The van der Waals surface area contributed by atoms with Crippen LogP contribution in [-0.2, 0) is 10.5 Å². The van der Waals surface area contributed by atoms with Gasteiger partial charge in [0.2, 0.25) is 0 Å². The van der Waals surface area contributed by atoms with Gasteiger partial charge in [-0.2, -0.15) is 11.8 Å². The van der Waals surface area contributed by atoms with Crippen molar-refractivity contribution in [2.45, 2.75) is 31.9 Å². The number of nitrogens with one attached hydrogen (secondary N) is 1. The second kappa shape index (κ2) is 9.54. The lowest BCUT2D eigenvalue weighted by Crippen LogP contribution is -2.16. The molecule has 0 radical (unpaired) electrons. The quantitative estimate of drug-likeness (QED) is 0.652. The van der Waals surface area contributed by atoms with E-state index in [9.17, 15) is 9.59 Å². The summed E-state index contributed by atoms with van der Waals surface area (Å²) in [6.07, 6.45) is 1.57. The van der Waals surface area contributed by atoms with Gasteiger partial charge in [0.1, 0.15) is 5.82 Å². The maximum Gasteiger partial charge on any atom is 0.304 e. The zero-order chi connectivity index (χ0) is 19.1. The van der Waals surface area contributed by atoms with Crippen molar-refractivity contribution < 1.29 is 14.7 Å². The van der Waals surface area contributed by atoms with Crippen molar-refractivity contribution in [1.29, 1.82) is 0 Å². The van der Waals surface area contributed by atoms with Crippen molar-refractivity contribution in [2.75, 3.05) is 11.1 Å². The molecule has 0 unspecified atom stereocenters. The fourth-order valence-corrected chi connectivity index (χ4v) is 3.15. The molecule has 1 heterocycles. The molecule has 0 bridgehead atoms. The lowest BCUT2D eigenvalue weighted by atomic mass is 10.2. The number of aromatic nitrogens is 2. The second-order valence-electron chi connectivity index (χ2n) is 5.93. The second-order valence-corrected chi connectivity index (χ2v) is 7.44. The molecular formula is C18H20ClN3O3S. The monoisotopic (exact) mass is 393 g/mol. The van der Waals surface area contributed by atoms with Crippen molar-refractivity contribution in [1.82, 2.24) is 9.97 Å². The first-order valence-electron chi connectivity index (χ1n) is 8.09. The van der Waals surface area contributed by atoms with Crippen LogP contribution in [0, 0.1) is 0 Å². The number of anilines is 1. The van der Waals surface area contributed by atoms with Gasteiger partial charge in [0.15, 0.2) is 5.69 Å². The Kier molecular flexibility index (Phi) is 7.41. The van der Waals surface area contributed by atoms with Crippen molar-refractivity contribution in [3.05, 3.63) is 52.6 Å². The molecule has 1 aromatic carbocycles. The molecule has 0 spiro atoms. The molecular weight excluding hydrogens is 374 g/mol. The van der Waals surface area contributed by atoms with E-state index in [1.54, 1.807) is 6.07 Å². The van der Waals surface area contributed by atoms with Crippen molar-refractivity contribution in [2.24, 2.45) is 0 Å². The Labute approximate surface area is 161 Å². The van der Waals surface area contributed by atoms with E-state index in [0.29, 0.717) is 23.0 Å². The summed E-state index contributed by atoms with van der Waals surface area (Å²) in [5.74, 6) is 0.660. The highest BCUT2D eigenvalue weighted by molar-refractivity contribution is 7.98. The summed E-state index contributed by atoms with van der Waals surface area (Å²) >= 11 is 7.60. The van der Waals surface area contributed by atoms with Crippen LogP contribution in [0.25, 0.3) is 0 Å². The minimum atomic E-state index is -0.805. The van der Waals surface area contributed by atoms with Crippen LogP contribution in [0.15, 0.2) is 30.5 Å². The van der Waals surface area contributed by atoms with Gasteiger partial charge in [-0.15, -0.1) is 0 Å². The number of carboxylic acids is 1. The van der Waals surface area contributed by atoms with Crippen molar-refractivity contribution >= 4 is 40.9 Å². The van der Waals surface area contributed by atoms with Gasteiger partial charge in [-0.25, -0.2) is 9.97 Å². The summed E-state index contributed by atoms with van der Waals surface area (Å²) in [4.78, 5) is 31.4. The molecule has 2 N–H and O–H groups in total. The van der Waals surface area contributed by atoms with Gasteiger partial charge in [-0.1, -0.05) is 37.6 Å². The summed E-state index contributed by atoms with van der Waals surface area (Å²) in [5, 5.41) is 11.7. The molecule has 2 aromatic rings. The van der Waals surface area contributed by atoms with Crippen LogP contribution >= 0.6 is 23.4 Å². The average Bonchev–Trinajstić information content (AvgIpc) is 2.59. The van der Waals surface area contributed by atoms with Gasteiger partial charge in [0, 0.05) is 23.1 Å². The third kappa shape index (κ3) is 6.00. The van der Waals surface area contributed by atoms with E-state index in [4.69, 9.17) is 16.7 Å². The Morgan fingerprint density at radius 1 is 1.35 bits per heavy atom. The van der Waals surface area contributed by atoms with Crippen molar-refractivity contribution in [3.63, 3.8) is 0 Å². The molecule has 0 saturated carbocycles. The fraction of sp³-hybridized carbons (Fsp3) is 0.333. The SMILES string of the molecule is CC(C)c1ncc(Cl)c(C(=O)Nc2cccc(CSCCC(=O)O)c2)n1. The van der Waals surface area contributed by atoms with Gasteiger partial charge in [0.05, 0.1) is 17.6 Å². The van der Waals surface area contributed by atoms with Gasteiger partial charge >= 0.3 is 5.97 Å². The number of hydrogen-bond donors (Lipinski definition) is 2. The highest BCUT2D eigenvalue weighted by Gasteiger charge is 2.16. The van der Waals surface area contributed by atoms with Crippen LogP contribution < -0.4 is 5.32 Å². The van der Waals surface area contributed by atoms with Crippen molar-refractivity contribution in [3.8, 4) is 0 Å². The minimum Gasteiger partial charge on any atom is -0.481 e. The van der Waals surface area contributed by atoms with E-state index >= 15 is 0 Å². The lowest BCUT2D eigenvalue weighted by molar-refractivity contribution is -0.136. The van der Waals surface area contributed by atoms with Crippen LogP contribution in [0.4, 0.5) is 5.69 Å². The smallest absolute Gasteiger partial charge is 0.304 e. The molecule has 1 aromatic heterocycles. The van der Waals surface area contributed by atoms with Crippen LogP contribution in [0.5, 0.6) is 0 Å². The number of carbonyl (C=O) groups is 2. The number of thioether (sulfide) groups is 1. The number of amides is 1. The average molecular weight is 394 g/mol. The molecule has 8 heteroatoms. The Balaban J connectivity index is 2.04. The molecule has 6 nitrogen and oxygen atoms in total. The Morgan fingerprint density at radius 2 is 2.12 bits per heavy atom. The molecule has 0 saturated heterocycles. The van der Waals surface area contributed by atoms with Gasteiger partial charge in [0.25, 0.3) is 5.91 Å². The first kappa shape index (κ1) is 20.2. The predicted octanol–water partition coefficient (Wildman–Crippen LogP) is 4.21. The number of aliphatic carboxylic acids is 1. The number of nitrogens with zero attached hydrogens (tertiary/aromatic N) is 2. The molecule has 0 aliphatic heterocycles. The van der Waals surface area contributed by atoms with Crippen LogP contribution in [0.1, 0.15) is 48.1 Å².